The lowest BCUT2D eigenvalue weighted by atomic mass is 9.89. The van der Waals surface area contributed by atoms with Crippen LogP contribution in [0.2, 0.25) is 0 Å². The van der Waals surface area contributed by atoms with Crippen LogP contribution in [-0.2, 0) is 13.1 Å². The maximum absolute atomic E-state index is 5.70. The van der Waals surface area contributed by atoms with Crippen LogP contribution in [0, 0.1) is 5.92 Å². The summed E-state index contributed by atoms with van der Waals surface area (Å²) in [6.45, 7) is 1.65. The molecule has 0 radical (unpaired) electrons. The average Bonchev–Trinajstić information content (AvgIpc) is 2.97. The average molecular weight is 269 g/mol. The van der Waals surface area contributed by atoms with Gasteiger partial charge in [0.2, 0.25) is 0 Å². The third-order valence-electron chi connectivity index (χ3n) is 4.30. The van der Waals surface area contributed by atoms with Gasteiger partial charge >= 0.3 is 0 Å². The number of rotatable bonds is 4. The lowest BCUT2D eigenvalue weighted by Crippen LogP contribution is -2.14. The van der Waals surface area contributed by atoms with Crippen molar-refractivity contribution in [2.24, 2.45) is 11.7 Å². The molecule has 3 rings (SSSR count). The van der Waals surface area contributed by atoms with Crippen molar-refractivity contribution >= 4 is 0 Å². The molecule has 0 spiro atoms. The van der Waals surface area contributed by atoms with E-state index in [1.807, 2.05) is 6.20 Å². The fourth-order valence-electron chi connectivity index (χ4n) is 3.12. The highest BCUT2D eigenvalue weighted by Gasteiger charge is 2.14. The molecule has 1 aliphatic rings. The maximum atomic E-state index is 5.70. The molecule has 0 amide bonds. The van der Waals surface area contributed by atoms with Crippen LogP contribution in [0.5, 0.6) is 0 Å². The van der Waals surface area contributed by atoms with Crippen LogP contribution in [0.3, 0.4) is 0 Å². The Hall–Kier alpha value is -1.61. The van der Waals surface area contributed by atoms with E-state index in [2.05, 4.69) is 40.2 Å². The van der Waals surface area contributed by atoms with E-state index in [9.17, 15) is 0 Å². The number of nitrogens with zero attached hydrogens (tertiary/aromatic N) is 2. The standard InChI is InChI=1S/C17H23N3/c18-10-15-7-4-8-16(9-15)17-11-19-20(13-17)12-14-5-2-1-3-6-14/h4,7-9,11,13-14H,1-3,5-6,10,12,18H2. The molecule has 1 fully saturated rings. The van der Waals surface area contributed by atoms with Gasteiger partial charge in [0.15, 0.2) is 0 Å². The van der Waals surface area contributed by atoms with Gasteiger partial charge < -0.3 is 5.73 Å². The van der Waals surface area contributed by atoms with Crippen molar-refractivity contribution in [1.29, 1.82) is 0 Å². The van der Waals surface area contributed by atoms with Gasteiger partial charge in [0, 0.05) is 24.8 Å². The Morgan fingerprint density at radius 1 is 1.15 bits per heavy atom. The van der Waals surface area contributed by atoms with E-state index in [-0.39, 0.29) is 0 Å². The first-order chi connectivity index (χ1) is 9.85. The summed E-state index contributed by atoms with van der Waals surface area (Å²) in [5.41, 5.74) is 9.28. The van der Waals surface area contributed by atoms with Crippen molar-refractivity contribution in [3.8, 4) is 11.1 Å². The van der Waals surface area contributed by atoms with Crippen LogP contribution < -0.4 is 5.73 Å². The van der Waals surface area contributed by atoms with Gasteiger partial charge in [0.25, 0.3) is 0 Å². The fourth-order valence-corrected chi connectivity index (χ4v) is 3.12. The Kier molecular flexibility index (Phi) is 4.16. The summed E-state index contributed by atoms with van der Waals surface area (Å²) >= 11 is 0. The molecule has 0 bridgehead atoms. The molecular formula is C17H23N3. The number of nitrogens with two attached hydrogens (primary N) is 1. The summed E-state index contributed by atoms with van der Waals surface area (Å²) < 4.78 is 2.11. The summed E-state index contributed by atoms with van der Waals surface area (Å²) in [4.78, 5) is 0. The minimum absolute atomic E-state index is 0.587. The lowest BCUT2D eigenvalue weighted by Gasteiger charge is -2.21. The van der Waals surface area contributed by atoms with Crippen LogP contribution in [0.4, 0.5) is 0 Å². The molecule has 1 aromatic heterocycles. The van der Waals surface area contributed by atoms with E-state index >= 15 is 0 Å². The van der Waals surface area contributed by atoms with Crippen molar-refractivity contribution in [3.63, 3.8) is 0 Å². The number of hydrogen-bond acceptors (Lipinski definition) is 2. The zero-order valence-corrected chi connectivity index (χ0v) is 12.0. The van der Waals surface area contributed by atoms with Crippen molar-refractivity contribution in [3.05, 3.63) is 42.2 Å². The Labute approximate surface area is 120 Å². The van der Waals surface area contributed by atoms with Crippen LogP contribution in [0.25, 0.3) is 11.1 Å². The van der Waals surface area contributed by atoms with Gasteiger partial charge in [-0.25, -0.2) is 0 Å². The van der Waals surface area contributed by atoms with E-state index in [1.54, 1.807) is 0 Å². The summed E-state index contributed by atoms with van der Waals surface area (Å²) in [7, 11) is 0. The predicted molar refractivity (Wildman–Crippen MR) is 82.1 cm³/mol. The molecule has 3 nitrogen and oxygen atoms in total. The molecule has 3 heteroatoms. The number of aromatic nitrogens is 2. The van der Waals surface area contributed by atoms with Gasteiger partial charge in [-0.15, -0.1) is 0 Å². The maximum Gasteiger partial charge on any atom is 0.0568 e. The summed E-state index contributed by atoms with van der Waals surface area (Å²) in [5.74, 6) is 0.812. The topological polar surface area (TPSA) is 43.8 Å². The van der Waals surface area contributed by atoms with E-state index in [0.717, 1.165) is 12.5 Å². The monoisotopic (exact) mass is 269 g/mol. The van der Waals surface area contributed by atoms with E-state index in [0.29, 0.717) is 6.54 Å². The molecule has 0 aliphatic heterocycles. The highest BCUT2D eigenvalue weighted by molar-refractivity contribution is 5.62. The third kappa shape index (κ3) is 3.10. The van der Waals surface area contributed by atoms with Crippen LogP contribution in [0.1, 0.15) is 37.7 Å². The van der Waals surface area contributed by atoms with E-state index < -0.39 is 0 Å². The third-order valence-corrected chi connectivity index (χ3v) is 4.30. The Balaban J connectivity index is 1.72. The van der Waals surface area contributed by atoms with Gasteiger partial charge in [-0.3, -0.25) is 4.68 Å². The first-order valence-electron chi connectivity index (χ1n) is 7.67. The molecule has 1 aliphatic carbocycles. The minimum Gasteiger partial charge on any atom is -0.326 e. The minimum atomic E-state index is 0.587. The zero-order valence-electron chi connectivity index (χ0n) is 12.0. The molecule has 2 N–H and O–H groups in total. The second-order valence-corrected chi connectivity index (χ2v) is 5.86. The second-order valence-electron chi connectivity index (χ2n) is 5.86. The molecular weight excluding hydrogens is 246 g/mol. The Morgan fingerprint density at radius 3 is 2.80 bits per heavy atom. The van der Waals surface area contributed by atoms with Crippen molar-refractivity contribution in [1.82, 2.24) is 9.78 Å². The van der Waals surface area contributed by atoms with Crippen LogP contribution in [-0.4, -0.2) is 9.78 Å². The molecule has 1 aromatic carbocycles. The quantitative estimate of drug-likeness (QED) is 0.921. The van der Waals surface area contributed by atoms with Crippen molar-refractivity contribution in [2.75, 3.05) is 0 Å². The van der Waals surface area contributed by atoms with Gasteiger partial charge in [-0.2, -0.15) is 5.10 Å². The molecule has 2 aromatic rings. The summed E-state index contributed by atoms with van der Waals surface area (Å²) in [6.07, 6.45) is 11.0. The van der Waals surface area contributed by atoms with Crippen LogP contribution >= 0.6 is 0 Å². The summed E-state index contributed by atoms with van der Waals surface area (Å²) in [5, 5.41) is 4.53. The zero-order chi connectivity index (χ0) is 13.8. The SMILES string of the molecule is NCc1cccc(-c2cnn(CC3CCCCC3)c2)c1. The molecule has 0 unspecified atom stereocenters. The highest BCUT2D eigenvalue weighted by Crippen LogP contribution is 2.26. The fraction of sp³-hybridized carbons (Fsp3) is 0.471. The molecule has 0 atom stereocenters. The predicted octanol–water partition coefficient (Wildman–Crippen LogP) is 3.59. The second kappa shape index (κ2) is 6.23. The van der Waals surface area contributed by atoms with Gasteiger partial charge in [-0.05, 0) is 36.0 Å². The van der Waals surface area contributed by atoms with Gasteiger partial charge in [-0.1, -0.05) is 37.5 Å². The highest BCUT2D eigenvalue weighted by atomic mass is 15.3. The van der Waals surface area contributed by atoms with Gasteiger partial charge in [0.1, 0.15) is 0 Å². The van der Waals surface area contributed by atoms with Crippen LogP contribution in [0.15, 0.2) is 36.7 Å². The first kappa shape index (κ1) is 13.4. The number of benzene rings is 1. The van der Waals surface area contributed by atoms with Crippen molar-refractivity contribution < 1.29 is 0 Å². The lowest BCUT2D eigenvalue weighted by molar-refractivity contribution is 0.308. The largest absolute Gasteiger partial charge is 0.326 e. The smallest absolute Gasteiger partial charge is 0.0568 e. The summed E-state index contributed by atoms with van der Waals surface area (Å²) in [6, 6.07) is 8.41. The Bertz CT molecular complexity index is 553. The molecule has 106 valence electrons. The normalized spacial score (nSPS) is 16.4. The van der Waals surface area contributed by atoms with Crippen molar-refractivity contribution in [2.45, 2.75) is 45.2 Å². The number of hydrogen-bond donors (Lipinski definition) is 1. The first-order valence-corrected chi connectivity index (χ1v) is 7.67. The molecule has 1 heterocycles. The molecule has 20 heavy (non-hydrogen) atoms. The van der Waals surface area contributed by atoms with Gasteiger partial charge in [0.05, 0.1) is 6.20 Å². The molecule has 1 saturated carbocycles. The van der Waals surface area contributed by atoms with E-state index in [1.165, 1.54) is 48.8 Å². The Morgan fingerprint density at radius 2 is 2.00 bits per heavy atom. The van der Waals surface area contributed by atoms with E-state index in [4.69, 9.17) is 5.73 Å². The molecule has 0 saturated heterocycles.